The van der Waals surface area contributed by atoms with E-state index in [1.807, 2.05) is 6.07 Å². The van der Waals surface area contributed by atoms with Crippen molar-refractivity contribution in [3.8, 4) is 6.07 Å². The second-order valence-corrected chi connectivity index (χ2v) is 5.43. The number of nitriles is 1. The highest BCUT2D eigenvalue weighted by Crippen LogP contribution is 2.33. The molecule has 0 saturated heterocycles. The number of rotatable bonds is 2. The van der Waals surface area contributed by atoms with Crippen molar-refractivity contribution in [3.05, 3.63) is 23.8 Å². The summed E-state index contributed by atoms with van der Waals surface area (Å²) in [5.74, 6) is 1.39. The van der Waals surface area contributed by atoms with Crippen LogP contribution < -0.4 is 11.1 Å². The molecule has 3 atom stereocenters. The molecule has 18 heavy (non-hydrogen) atoms. The maximum atomic E-state index is 8.93. The Morgan fingerprint density at radius 3 is 2.83 bits per heavy atom. The van der Waals surface area contributed by atoms with E-state index in [4.69, 9.17) is 11.0 Å². The first kappa shape index (κ1) is 12.8. The van der Waals surface area contributed by atoms with Crippen molar-refractivity contribution in [1.82, 2.24) is 0 Å². The fourth-order valence-corrected chi connectivity index (χ4v) is 2.74. The highest BCUT2D eigenvalue weighted by atomic mass is 14.9. The van der Waals surface area contributed by atoms with Crippen molar-refractivity contribution in [2.24, 2.45) is 11.8 Å². The summed E-state index contributed by atoms with van der Waals surface area (Å²) < 4.78 is 0. The predicted molar refractivity (Wildman–Crippen MR) is 75.2 cm³/mol. The van der Waals surface area contributed by atoms with Gasteiger partial charge in [0.15, 0.2) is 0 Å². The maximum absolute atomic E-state index is 8.93. The quantitative estimate of drug-likeness (QED) is 0.783. The normalized spacial score (nSPS) is 27.5. The molecule has 2 rings (SSSR count). The average Bonchev–Trinajstić information content (AvgIpc) is 2.37. The second-order valence-electron chi connectivity index (χ2n) is 5.43. The smallest absolute Gasteiger partial charge is 0.0992 e. The topological polar surface area (TPSA) is 61.8 Å². The molecule has 3 N–H and O–H groups in total. The third kappa shape index (κ3) is 2.59. The van der Waals surface area contributed by atoms with E-state index in [0.29, 0.717) is 17.5 Å². The van der Waals surface area contributed by atoms with Gasteiger partial charge in [-0.3, -0.25) is 0 Å². The molecule has 96 valence electrons. The van der Waals surface area contributed by atoms with E-state index in [1.165, 1.54) is 19.3 Å². The number of anilines is 2. The lowest BCUT2D eigenvalue weighted by atomic mass is 9.78. The highest BCUT2D eigenvalue weighted by molar-refractivity contribution is 5.68. The number of nitrogens with one attached hydrogen (secondary N) is 1. The standard InChI is InChI=1S/C15H21N3/c1-10-4-3-5-14(11(10)2)18-15-8-12(9-16)6-7-13(15)17/h6-8,10-11,14,18H,3-5,17H2,1-2H3. The van der Waals surface area contributed by atoms with Crippen LogP contribution in [-0.4, -0.2) is 6.04 Å². The summed E-state index contributed by atoms with van der Waals surface area (Å²) >= 11 is 0. The molecule has 0 heterocycles. The van der Waals surface area contributed by atoms with Crippen molar-refractivity contribution < 1.29 is 0 Å². The lowest BCUT2D eigenvalue weighted by molar-refractivity contribution is 0.253. The van der Waals surface area contributed by atoms with Crippen molar-refractivity contribution in [2.75, 3.05) is 11.1 Å². The van der Waals surface area contributed by atoms with E-state index in [1.54, 1.807) is 12.1 Å². The van der Waals surface area contributed by atoms with Crippen molar-refractivity contribution in [3.63, 3.8) is 0 Å². The molecule has 0 bridgehead atoms. The largest absolute Gasteiger partial charge is 0.397 e. The lowest BCUT2D eigenvalue weighted by Crippen LogP contribution is -2.35. The SMILES string of the molecule is CC1CCCC(Nc2cc(C#N)ccc2N)C1C. The van der Waals surface area contributed by atoms with Crippen LogP contribution in [0.1, 0.15) is 38.7 Å². The minimum Gasteiger partial charge on any atom is -0.397 e. The zero-order valence-corrected chi connectivity index (χ0v) is 11.1. The van der Waals surface area contributed by atoms with Crippen LogP contribution in [0.4, 0.5) is 11.4 Å². The van der Waals surface area contributed by atoms with Crippen LogP contribution in [-0.2, 0) is 0 Å². The molecule has 1 aromatic carbocycles. The summed E-state index contributed by atoms with van der Waals surface area (Å²) in [5.41, 5.74) is 8.25. The Hall–Kier alpha value is -1.69. The van der Waals surface area contributed by atoms with Gasteiger partial charge in [-0.25, -0.2) is 0 Å². The van der Waals surface area contributed by atoms with Crippen molar-refractivity contribution in [1.29, 1.82) is 5.26 Å². The molecule has 1 aromatic rings. The number of benzene rings is 1. The molecule has 1 fully saturated rings. The molecule has 1 aliphatic rings. The van der Waals surface area contributed by atoms with Gasteiger partial charge in [0, 0.05) is 6.04 Å². The van der Waals surface area contributed by atoms with Crippen LogP contribution in [0, 0.1) is 23.2 Å². The molecule has 0 amide bonds. The third-order valence-corrected chi connectivity index (χ3v) is 4.23. The second kappa shape index (κ2) is 5.30. The summed E-state index contributed by atoms with van der Waals surface area (Å²) in [6.07, 6.45) is 3.76. The molecule has 0 radical (unpaired) electrons. The Kier molecular flexibility index (Phi) is 3.76. The lowest BCUT2D eigenvalue weighted by Gasteiger charge is -2.35. The first-order valence-corrected chi connectivity index (χ1v) is 6.68. The summed E-state index contributed by atoms with van der Waals surface area (Å²) in [4.78, 5) is 0. The minimum atomic E-state index is 0.463. The maximum Gasteiger partial charge on any atom is 0.0992 e. The highest BCUT2D eigenvalue weighted by Gasteiger charge is 2.27. The molecule has 1 saturated carbocycles. The van der Waals surface area contributed by atoms with Gasteiger partial charge in [-0.05, 0) is 36.5 Å². The third-order valence-electron chi connectivity index (χ3n) is 4.23. The van der Waals surface area contributed by atoms with Gasteiger partial charge in [-0.15, -0.1) is 0 Å². The zero-order valence-electron chi connectivity index (χ0n) is 11.1. The number of nitrogen functional groups attached to an aromatic ring is 1. The predicted octanol–water partition coefficient (Wildman–Crippen LogP) is 3.38. The Morgan fingerprint density at radius 1 is 1.33 bits per heavy atom. The number of hydrogen-bond acceptors (Lipinski definition) is 3. The molecule has 0 aromatic heterocycles. The summed E-state index contributed by atoms with van der Waals surface area (Å²) in [5, 5.41) is 12.5. The van der Waals surface area contributed by atoms with Gasteiger partial charge in [0.05, 0.1) is 23.0 Å². The fraction of sp³-hybridized carbons (Fsp3) is 0.533. The molecular formula is C15H21N3. The van der Waals surface area contributed by atoms with Gasteiger partial charge < -0.3 is 11.1 Å². The molecule has 0 spiro atoms. The summed E-state index contributed by atoms with van der Waals surface area (Å²) in [6, 6.07) is 8.03. The van der Waals surface area contributed by atoms with E-state index in [9.17, 15) is 0 Å². The van der Waals surface area contributed by atoms with Gasteiger partial charge >= 0.3 is 0 Å². The van der Waals surface area contributed by atoms with Crippen LogP contribution in [0.25, 0.3) is 0 Å². The Balaban J connectivity index is 2.16. The van der Waals surface area contributed by atoms with Gasteiger partial charge in [0.25, 0.3) is 0 Å². The van der Waals surface area contributed by atoms with Crippen molar-refractivity contribution >= 4 is 11.4 Å². The minimum absolute atomic E-state index is 0.463. The number of nitrogens with zero attached hydrogens (tertiary/aromatic N) is 1. The number of nitrogens with two attached hydrogens (primary N) is 1. The van der Waals surface area contributed by atoms with Crippen LogP contribution in [0.15, 0.2) is 18.2 Å². The zero-order chi connectivity index (χ0) is 13.1. The van der Waals surface area contributed by atoms with Crippen molar-refractivity contribution in [2.45, 2.75) is 39.2 Å². The van der Waals surface area contributed by atoms with Crippen LogP contribution >= 0.6 is 0 Å². The Labute approximate surface area is 109 Å². The van der Waals surface area contributed by atoms with Gasteiger partial charge in [0.2, 0.25) is 0 Å². The van der Waals surface area contributed by atoms with Crippen LogP contribution in [0.5, 0.6) is 0 Å². The number of hydrogen-bond donors (Lipinski definition) is 2. The summed E-state index contributed by atoms with van der Waals surface area (Å²) in [7, 11) is 0. The van der Waals surface area contributed by atoms with E-state index >= 15 is 0 Å². The van der Waals surface area contributed by atoms with E-state index in [2.05, 4.69) is 25.2 Å². The van der Waals surface area contributed by atoms with Crippen LogP contribution in [0.3, 0.4) is 0 Å². The van der Waals surface area contributed by atoms with Gasteiger partial charge in [-0.2, -0.15) is 5.26 Å². The molecule has 1 aliphatic carbocycles. The van der Waals surface area contributed by atoms with E-state index in [-0.39, 0.29) is 0 Å². The fourth-order valence-electron chi connectivity index (χ4n) is 2.74. The molecule has 3 unspecified atom stereocenters. The molecular weight excluding hydrogens is 222 g/mol. The molecule has 3 nitrogen and oxygen atoms in total. The average molecular weight is 243 g/mol. The first-order valence-electron chi connectivity index (χ1n) is 6.68. The molecule has 0 aliphatic heterocycles. The van der Waals surface area contributed by atoms with E-state index in [0.717, 1.165) is 17.3 Å². The summed E-state index contributed by atoms with van der Waals surface area (Å²) in [6.45, 7) is 4.61. The Morgan fingerprint density at radius 2 is 2.11 bits per heavy atom. The van der Waals surface area contributed by atoms with Crippen LogP contribution in [0.2, 0.25) is 0 Å². The van der Waals surface area contributed by atoms with Gasteiger partial charge in [0.1, 0.15) is 0 Å². The Bertz CT molecular complexity index is 461. The van der Waals surface area contributed by atoms with Gasteiger partial charge in [-0.1, -0.05) is 26.7 Å². The first-order chi connectivity index (χ1) is 8.61. The molecule has 3 heteroatoms. The monoisotopic (exact) mass is 243 g/mol. The van der Waals surface area contributed by atoms with E-state index < -0.39 is 0 Å².